The third-order valence-electron chi connectivity index (χ3n) is 5.55. The number of aromatic nitrogens is 6. The van der Waals surface area contributed by atoms with Crippen molar-refractivity contribution in [3.8, 4) is 11.1 Å². The monoisotopic (exact) mass is 391 g/mol. The van der Waals surface area contributed by atoms with E-state index in [0.717, 1.165) is 53.8 Å². The van der Waals surface area contributed by atoms with E-state index in [1.165, 1.54) is 17.8 Å². The second-order valence-corrected chi connectivity index (χ2v) is 7.48. The smallest absolute Gasteiger partial charge is 0.243 e. The molecule has 148 valence electrons. The topological polar surface area (TPSA) is 72.9 Å². The van der Waals surface area contributed by atoms with Crippen LogP contribution in [0.4, 0.5) is 10.3 Å². The number of rotatable bonds is 4. The van der Waals surface area contributed by atoms with E-state index in [1.807, 2.05) is 29.9 Å². The van der Waals surface area contributed by atoms with Gasteiger partial charge in [-0.15, -0.1) is 10.2 Å². The van der Waals surface area contributed by atoms with Crippen molar-refractivity contribution in [3.05, 3.63) is 59.3 Å². The fourth-order valence-electron chi connectivity index (χ4n) is 4.08. The quantitative estimate of drug-likeness (QED) is 0.577. The molecule has 1 aliphatic rings. The van der Waals surface area contributed by atoms with Crippen LogP contribution in [0.3, 0.4) is 0 Å². The van der Waals surface area contributed by atoms with Gasteiger partial charge in [-0.25, -0.2) is 13.6 Å². The fraction of sp³-hybridized carbons (Fsp3) is 0.333. The van der Waals surface area contributed by atoms with Crippen molar-refractivity contribution >= 4 is 11.6 Å². The molecule has 7 nitrogen and oxygen atoms in total. The summed E-state index contributed by atoms with van der Waals surface area (Å²) in [7, 11) is 0. The number of aryl methyl sites for hydroxylation is 2. The average Bonchev–Trinajstić information content (AvgIpc) is 3.31. The van der Waals surface area contributed by atoms with Gasteiger partial charge in [-0.2, -0.15) is 4.98 Å². The molecule has 0 aliphatic carbocycles. The first kappa shape index (κ1) is 17.8. The zero-order chi connectivity index (χ0) is 20.0. The predicted molar refractivity (Wildman–Crippen MR) is 108 cm³/mol. The molecule has 1 aromatic carbocycles. The molecule has 3 aromatic heterocycles. The summed E-state index contributed by atoms with van der Waals surface area (Å²) in [4.78, 5) is 4.73. The lowest BCUT2D eigenvalue weighted by molar-refractivity contribution is 0.437. The number of benzene rings is 1. The number of hydrogen-bond acceptors (Lipinski definition) is 5. The van der Waals surface area contributed by atoms with Gasteiger partial charge in [0.05, 0.1) is 17.9 Å². The summed E-state index contributed by atoms with van der Waals surface area (Å²) in [6.07, 6.45) is 4.72. The summed E-state index contributed by atoms with van der Waals surface area (Å²) in [6, 6.07) is 8.92. The molecule has 1 atom stereocenters. The highest BCUT2D eigenvalue weighted by Crippen LogP contribution is 2.28. The Morgan fingerprint density at radius 1 is 1.24 bits per heavy atom. The number of hydrogen-bond donors (Lipinski definition) is 1. The van der Waals surface area contributed by atoms with Gasteiger partial charge in [0.25, 0.3) is 0 Å². The molecular weight excluding hydrogens is 369 g/mol. The maximum atomic E-state index is 13.5. The Labute approximate surface area is 167 Å². The molecule has 0 amide bonds. The van der Waals surface area contributed by atoms with Crippen LogP contribution in [0.5, 0.6) is 0 Å². The first-order valence-corrected chi connectivity index (χ1v) is 9.92. The highest BCUT2D eigenvalue weighted by Gasteiger charge is 2.23. The molecule has 1 N–H and O–H groups in total. The molecule has 0 radical (unpaired) electrons. The summed E-state index contributed by atoms with van der Waals surface area (Å²) in [6.45, 7) is 4.76. The van der Waals surface area contributed by atoms with Crippen LogP contribution in [0.25, 0.3) is 16.8 Å². The van der Waals surface area contributed by atoms with Crippen LogP contribution in [-0.4, -0.2) is 35.6 Å². The fourth-order valence-corrected chi connectivity index (χ4v) is 4.08. The normalized spacial score (nSPS) is 16.2. The zero-order valence-corrected chi connectivity index (χ0v) is 16.4. The van der Waals surface area contributed by atoms with E-state index in [1.54, 1.807) is 10.6 Å². The summed E-state index contributed by atoms with van der Waals surface area (Å²) in [5.41, 5.74) is 5.83. The van der Waals surface area contributed by atoms with Crippen LogP contribution >= 0.6 is 0 Å². The van der Waals surface area contributed by atoms with E-state index >= 15 is 0 Å². The van der Waals surface area contributed by atoms with E-state index in [9.17, 15) is 4.39 Å². The van der Waals surface area contributed by atoms with Crippen molar-refractivity contribution in [2.24, 2.45) is 0 Å². The standard InChI is InChI=1S/C21H22FN7/c1-3-18-19-9-7-15(12-29(19)27-25-18)23-21-24-20-17(5-4-10-28(20)26-21)16-8-6-14(22)11-13(16)2/h4-6,8,10-11,15H,3,7,9,12H2,1-2H3,(H,23,26). The molecule has 1 aliphatic heterocycles. The van der Waals surface area contributed by atoms with Crippen molar-refractivity contribution in [3.63, 3.8) is 0 Å². The van der Waals surface area contributed by atoms with Gasteiger partial charge in [-0.3, -0.25) is 0 Å². The number of pyridine rings is 1. The molecule has 1 unspecified atom stereocenters. The van der Waals surface area contributed by atoms with Gasteiger partial charge in [0.15, 0.2) is 5.65 Å². The van der Waals surface area contributed by atoms with Crippen molar-refractivity contribution < 1.29 is 4.39 Å². The molecule has 8 heteroatoms. The number of nitrogens with zero attached hydrogens (tertiary/aromatic N) is 6. The number of fused-ring (bicyclic) bond motifs is 2. The number of nitrogens with one attached hydrogen (secondary N) is 1. The van der Waals surface area contributed by atoms with E-state index in [4.69, 9.17) is 4.98 Å². The second-order valence-electron chi connectivity index (χ2n) is 7.48. The molecule has 0 saturated carbocycles. The highest BCUT2D eigenvalue weighted by atomic mass is 19.1. The summed E-state index contributed by atoms with van der Waals surface area (Å²) in [5, 5.41) is 16.6. The zero-order valence-electron chi connectivity index (χ0n) is 16.4. The number of anilines is 1. The summed E-state index contributed by atoms with van der Waals surface area (Å²) >= 11 is 0. The van der Waals surface area contributed by atoms with Gasteiger partial charge >= 0.3 is 0 Å². The molecule has 5 rings (SSSR count). The third kappa shape index (κ3) is 3.14. The van der Waals surface area contributed by atoms with Crippen LogP contribution in [0.1, 0.15) is 30.3 Å². The largest absolute Gasteiger partial charge is 0.348 e. The Morgan fingerprint density at radius 3 is 2.97 bits per heavy atom. The molecule has 29 heavy (non-hydrogen) atoms. The third-order valence-corrected chi connectivity index (χ3v) is 5.55. The first-order valence-electron chi connectivity index (χ1n) is 9.92. The molecular formula is C21H22FN7. The van der Waals surface area contributed by atoms with Gasteiger partial charge in [0.2, 0.25) is 5.95 Å². The lowest BCUT2D eigenvalue weighted by atomic mass is 10.0. The Hall–Kier alpha value is -3.29. The van der Waals surface area contributed by atoms with Gasteiger partial charge < -0.3 is 5.32 Å². The highest BCUT2D eigenvalue weighted by molar-refractivity contribution is 5.79. The lowest BCUT2D eigenvalue weighted by Crippen LogP contribution is -2.32. The van der Waals surface area contributed by atoms with Crippen molar-refractivity contribution in [1.29, 1.82) is 0 Å². The van der Waals surface area contributed by atoms with Crippen molar-refractivity contribution in [2.45, 2.75) is 45.7 Å². The van der Waals surface area contributed by atoms with Crippen LogP contribution in [0, 0.1) is 12.7 Å². The van der Waals surface area contributed by atoms with Gasteiger partial charge in [0.1, 0.15) is 5.82 Å². The minimum absolute atomic E-state index is 0.197. The number of halogens is 1. The maximum Gasteiger partial charge on any atom is 0.243 e. The molecule has 0 fully saturated rings. The van der Waals surface area contributed by atoms with Crippen LogP contribution in [0.15, 0.2) is 36.5 Å². The molecule has 4 aromatic rings. The molecule has 0 spiro atoms. The van der Waals surface area contributed by atoms with Gasteiger partial charge in [-0.05, 0) is 61.6 Å². The predicted octanol–water partition coefficient (Wildman–Crippen LogP) is 3.42. The van der Waals surface area contributed by atoms with E-state index in [-0.39, 0.29) is 11.9 Å². The second kappa shape index (κ2) is 6.95. The van der Waals surface area contributed by atoms with Crippen LogP contribution in [0.2, 0.25) is 0 Å². The molecule has 0 saturated heterocycles. The SMILES string of the molecule is CCc1nnn2c1CCC(Nc1nc3c(-c4ccc(F)cc4C)cccn3n1)C2. The van der Waals surface area contributed by atoms with E-state index < -0.39 is 0 Å². The molecule has 4 heterocycles. The Bertz CT molecular complexity index is 1190. The van der Waals surface area contributed by atoms with Crippen LogP contribution < -0.4 is 5.32 Å². The van der Waals surface area contributed by atoms with Crippen molar-refractivity contribution in [1.82, 2.24) is 29.6 Å². The van der Waals surface area contributed by atoms with Crippen LogP contribution in [-0.2, 0) is 19.4 Å². The summed E-state index contributed by atoms with van der Waals surface area (Å²) < 4.78 is 17.3. The molecule has 0 bridgehead atoms. The Balaban J connectivity index is 1.44. The Kier molecular flexibility index (Phi) is 4.26. The van der Waals surface area contributed by atoms with E-state index in [0.29, 0.717) is 5.95 Å². The minimum Gasteiger partial charge on any atom is -0.348 e. The van der Waals surface area contributed by atoms with Crippen molar-refractivity contribution in [2.75, 3.05) is 5.32 Å². The first-order chi connectivity index (χ1) is 14.1. The summed E-state index contributed by atoms with van der Waals surface area (Å²) in [5.74, 6) is 0.347. The van der Waals surface area contributed by atoms with E-state index in [2.05, 4.69) is 27.7 Å². The maximum absolute atomic E-state index is 13.5. The lowest BCUT2D eigenvalue weighted by Gasteiger charge is -2.23. The minimum atomic E-state index is -0.238. The average molecular weight is 391 g/mol. The van der Waals surface area contributed by atoms with Gasteiger partial charge in [-0.1, -0.05) is 18.2 Å². The Morgan fingerprint density at radius 2 is 2.14 bits per heavy atom. The van der Waals surface area contributed by atoms with Gasteiger partial charge in [0, 0.05) is 17.8 Å².